The van der Waals surface area contributed by atoms with Crippen molar-refractivity contribution in [2.24, 2.45) is 5.92 Å². The Bertz CT molecular complexity index is 677. The second-order valence-corrected chi connectivity index (χ2v) is 8.19. The minimum Gasteiger partial charge on any atom is -0.391 e. The zero-order chi connectivity index (χ0) is 20.2. The zero-order valence-electron chi connectivity index (χ0n) is 17.0. The molecule has 1 aromatic rings. The second-order valence-electron chi connectivity index (χ2n) is 8.19. The molecule has 2 saturated heterocycles. The maximum Gasteiger partial charge on any atom is 0.175 e. The number of ether oxygens (including phenoxy) is 4. The molecule has 2 aliphatic rings. The SMILES string of the molecule is C[C@@H]1O[C@](C#N)(C[C@H](O)COCc2ccccc2)C[C@]2(CC[C@H](C)[C@@H](C)O2)O1. The first-order valence-corrected chi connectivity index (χ1v) is 10.1. The Morgan fingerprint density at radius 3 is 2.64 bits per heavy atom. The summed E-state index contributed by atoms with van der Waals surface area (Å²) in [6.45, 7) is 6.52. The number of hydrogen-bond donors (Lipinski definition) is 1. The molecular formula is C22H31NO5. The fourth-order valence-electron chi connectivity index (χ4n) is 4.13. The summed E-state index contributed by atoms with van der Waals surface area (Å²) < 4.78 is 23.7. The van der Waals surface area contributed by atoms with Gasteiger partial charge in [0.1, 0.15) is 0 Å². The van der Waals surface area contributed by atoms with Crippen molar-refractivity contribution < 1.29 is 24.1 Å². The number of aliphatic hydroxyl groups is 1. The molecule has 0 radical (unpaired) electrons. The highest BCUT2D eigenvalue weighted by atomic mass is 16.8. The normalized spacial score (nSPS) is 36.8. The minimum absolute atomic E-state index is 0.0505. The van der Waals surface area contributed by atoms with Crippen LogP contribution in [0.5, 0.6) is 0 Å². The Balaban J connectivity index is 1.60. The summed E-state index contributed by atoms with van der Waals surface area (Å²) in [5.74, 6) is -0.384. The van der Waals surface area contributed by atoms with Gasteiger partial charge < -0.3 is 24.1 Å². The van der Waals surface area contributed by atoms with Crippen molar-refractivity contribution in [3.63, 3.8) is 0 Å². The maximum atomic E-state index is 10.5. The van der Waals surface area contributed by atoms with Gasteiger partial charge in [0.2, 0.25) is 0 Å². The number of nitriles is 1. The summed E-state index contributed by atoms with van der Waals surface area (Å²) in [5, 5.41) is 20.4. The van der Waals surface area contributed by atoms with Crippen LogP contribution in [0.3, 0.4) is 0 Å². The van der Waals surface area contributed by atoms with E-state index in [4.69, 9.17) is 18.9 Å². The summed E-state index contributed by atoms with van der Waals surface area (Å²) in [5.41, 5.74) is -0.119. The molecule has 1 spiro atoms. The predicted octanol–water partition coefficient (Wildman–Crippen LogP) is 3.53. The average Bonchev–Trinajstić information content (AvgIpc) is 2.65. The molecule has 6 nitrogen and oxygen atoms in total. The van der Waals surface area contributed by atoms with E-state index in [-0.39, 0.29) is 25.6 Å². The Kier molecular flexibility index (Phi) is 6.74. The van der Waals surface area contributed by atoms with Crippen LogP contribution in [0.1, 0.15) is 52.0 Å². The van der Waals surface area contributed by atoms with Gasteiger partial charge in [-0.25, -0.2) is 0 Å². The quantitative estimate of drug-likeness (QED) is 0.802. The highest BCUT2D eigenvalue weighted by Crippen LogP contribution is 2.45. The van der Waals surface area contributed by atoms with E-state index in [1.807, 2.05) is 37.3 Å². The van der Waals surface area contributed by atoms with E-state index in [9.17, 15) is 10.4 Å². The molecule has 2 heterocycles. The highest BCUT2D eigenvalue weighted by Gasteiger charge is 2.53. The summed E-state index contributed by atoms with van der Waals surface area (Å²) in [7, 11) is 0. The lowest BCUT2D eigenvalue weighted by Crippen LogP contribution is -2.58. The van der Waals surface area contributed by atoms with Crippen molar-refractivity contribution in [1.29, 1.82) is 5.26 Å². The van der Waals surface area contributed by atoms with Crippen LogP contribution in [-0.4, -0.2) is 41.6 Å². The fraction of sp³-hybridized carbons (Fsp3) is 0.682. The van der Waals surface area contributed by atoms with Gasteiger partial charge in [-0.2, -0.15) is 5.26 Å². The van der Waals surface area contributed by atoms with E-state index in [2.05, 4.69) is 13.0 Å². The van der Waals surface area contributed by atoms with Crippen LogP contribution < -0.4 is 0 Å². The molecule has 0 saturated carbocycles. The monoisotopic (exact) mass is 389 g/mol. The van der Waals surface area contributed by atoms with Crippen LogP contribution in [0.2, 0.25) is 0 Å². The molecule has 2 aliphatic heterocycles. The Morgan fingerprint density at radius 1 is 1.21 bits per heavy atom. The standard InChI is InChI=1S/C22H31NO5/c1-16-9-10-22(26-17(16)2)14-21(15-23,27-18(3)28-22)11-20(24)13-25-12-19-7-5-4-6-8-19/h4-8,16-18,20,24H,9-14H2,1-3H3/t16-,17+,18+,20-,21+,22-/m0/s1. The number of rotatable bonds is 6. The fourth-order valence-corrected chi connectivity index (χ4v) is 4.13. The number of aliphatic hydroxyl groups excluding tert-OH is 1. The molecule has 1 aromatic carbocycles. The van der Waals surface area contributed by atoms with Crippen molar-refractivity contribution in [3.05, 3.63) is 35.9 Å². The first-order valence-electron chi connectivity index (χ1n) is 10.1. The van der Waals surface area contributed by atoms with Crippen molar-refractivity contribution in [2.75, 3.05) is 6.61 Å². The van der Waals surface area contributed by atoms with E-state index in [1.54, 1.807) is 6.92 Å². The third-order valence-electron chi connectivity index (χ3n) is 5.70. The van der Waals surface area contributed by atoms with Crippen LogP contribution in [0.25, 0.3) is 0 Å². The number of nitrogens with zero attached hydrogens (tertiary/aromatic N) is 1. The van der Waals surface area contributed by atoms with Gasteiger partial charge in [-0.15, -0.1) is 0 Å². The average molecular weight is 389 g/mol. The van der Waals surface area contributed by atoms with E-state index in [0.29, 0.717) is 12.5 Å². The van der Waals surface area contributed by atoms with Gasteiger partial charge in [0.25, 0.3) is 0 Å². The second kappa shape index (κ2) is 8.89. The van der Waals surface area contributed by atoms with Crippen LogP contribution >= 0.6 is 0 Å². The molecule has 0 bridgehead atoms. The molecule has 6 atom stereocenters. The highest BCUT2D eigenvalue weighted by molar-refractivity contribution is 5.13. The molecule has 6 heteroatoms. The van der Waals surface area contributed by atoms with Gasteiger partial charge in [-0.05, 0) is 31.7 Å². The molecule has 0 amide bonds. The Morgan fingerprint density at radius 2 is 1.96 bits per heavy atom. The predicted molar refractivity (Wildman–Crippen MR) is 103 cm³/mol. The van der Waals surface area contributed by atoms with Crippen molar-refractivity contribution in [3.8, 4) is 6.07 Å². The molecule has 1 N–H and O–H groups in total. The third-order valence-corrected chi connectivity index (χ3v) is 5.70. The number of hydrogen-bond acceptors (Lipinski definition) is 6. The Labute approximate surface area is 167 Å². The summed E-state index contributed by atoms with van der Waals surface area (Å²) in [6.07, 6.45) is 0.787. The van der Waals surface area contributed by atoms with Crippen LogP contribution in [0, 0.1) is 17.2 Å². The molecule has 154 valence electrons. The topological polar surface area (TPSA) is 80.9 Å². The van der Waals surface area contributed by atoms with Gasteiger partial charge in [-0.3, -0.25) is 0 Å². The lowest BCUT2D eigenvalue weighted by Gasteiger charge is -2.51. The summed E-state index contributed by atoms with van der Waals surface area (Å²) >= 11 is 0. The van der Waals surface area contributed by atoms with Crippen molar-refractivity contribution >= 4 is 0 Å². The van der Waals surface area contributed by atoms with Crippen molar-refractivity contribution in [1.82, 2.24) is 0 Å². The minimum atomic E-state index is -1.16. The van der Waals surface area contributed by atoms with E-state index < -0.39 is 23.8 Å². The van der Waals surface area contributed by atoms with E-state index in [1.165, 1.54) is 0 Å². The molecule has 0 aromatic heterocycles. The Hall–Kier alpha value is -1.49. The lowest BCUT2D eigenvalue weighted by molar-refractivity contribution is -0.397. The maximum absolute atomic E-state index is 10.5. The molecule has 0 unspecified atom stereocenters. The van der Waals surface area contributed by atoms with Gasteiger partial charge in [-0.1, -0.05) is 37.3 Å². The molecule has 28 heavy (non-hydrogen) atoms. The van der Waals surface area contributed by atoms with Gasteiger partial charge in [0.15, 0.2) is 17.7 Å². The molecular weight excluding hydrogens is 358 g/mol. The van der Waals surface area contributed by atoms with Gasteiger partial charge >= 0.3 is 0 Å². The van der Waals surface area contributed by atoms with E-state index in [0.717, 1.165) is 18.4 Å². The van der Waals surface area contributed by atoms with Crippen LogP contribution in [0.4, 0.5) is 0 Å². The van der Waals surface area contributed by atoms with Crippen molar-refractivity contribution in [2.45, 2.75) is 82.9 Å². The lowest BCUT2D eigenvalue weighted by atomic mass is 9.82. The number of benzene rings is 1. The summed E-state index contributed by atoms with van der Waals surface area (Å²) in [6, 6.07) is 12.1. The third kappa shape index (κ3) is 5.11. The molecule has 0 aliphatic carbocycles. The first-order chi connectivity index (χ1) is 13.4. The van der Waals surface area contributed by atoms with Crippen LogP contribution in [-0.2, 0) is 25.6 Å². The summed E-state index contributed by atoms with van der Waals surface area (Å²) in [4.78, 5) is 0. The van der Waals surface area contributed by atoms with Gasteiger partial charge in [0.05, 0.1) is 31.5 Å². The smallest absolute Gasteiger partial charge is 0.175 e. The molecule has 2 fully saturated rings. The van der Waals surface area contributed by atoms with Crippen LogP contribution in [0.15, 0.2) is 30.3 Å². The van der Waals surface area contributed by atoms with Gasteiger partial charge in [0, 0.05) is 19.3 Å². The first kappa shape index (κ1) is 21.2. The zero-order valence-corrected chi connectivity index (χ0v) is 17.0. The molecule has 3 rings (SSSR count). The largest absolute Gasteiger partial charge is 0.391 e. The van der Waals surface area contributed by atoms with E-state index >= 15 is 0 Å².